The first-order chi connectivity index (χ1) is 9.19. The zero-order valence-corrected chi connectivity index (χ0v) is 14.0. The van der Waals surface area contributed by atoms with Gasteiger partial charge in [0.2, 0.25) is 0 Å². The third-order valence-electron chi connectivity index (χ3n) is 3.82. The van der Waals surface area contributed by atoms with Gasteiger partial charge in [-0.25, -0.2) is 0 Å². The van der Waals surface area contributed by atoms with Gasteiger partial charge in [-0.05, 0) is 73.0 Å². The average molecular weight is 373 g/mol. The van der Waals surface area contributed by atoms with E-state index in [-0.39, 0.29) is 0 Å². The van der Waals surface area contributed by atoms with Gasteiger partial charge in [0.05, 0.1) is 12.7 Å². The van der Waals surface area contributed by atoms with Crippen LogP contribution in [0.25, 0.3) is 0 Å². The van der Waals surface area contributed by atoms with Crippen LogP contribution in [-0.4, -0.2) is 25.3 Å². The lowest BCUT2D eigenvalue weighted by atomic mass is 9.91. The molecule has 1 aromatic rings. The monoisotopic (exact) mass is 373 g/mol. The van der Waals surface area contributed by atoms with Gasteiger partial charge in [-0.15, -0.1) is 0 Å². The van der Waals surface area contributed by atoms with Crippen LogP contribution in [0.15, 0.2) is 24.3 Å². The molecule has 0 bridgehead atoms. The molecule has 19 heavy (non-hydrogen) atoms. The Kier molecular flexibility index (Phi) is 6.10. The lowest BCUT2D eigenvalue weighted by molar-refractivity contribution is 0.117. The predicted octanol–water partition coefficient (Wildman–Crippen LogP) is 3.63. The van der Waals surface area contributed by atoms with E-state index in [4.69, 9.17) is 4.74 Å². The molecule has 1 N–H and O–H groups in total. The summed E-state index contributed by atoms with van der Waals surface area (Å²) in [6, 6.07) is 9.44. The lowest BCUT2D eigenvalue weighted by Gasteiger charge is -2.24. The van der Waals surface area contributed by atoms with Crippen molar-refractivity contribution >= 4 is 22.6 Å². The number of halogens is 1. The Balaban J connectivity index is 1.98. The molecule has 3 heteroatoms. The number of rotatable bonds is 6. The zero-order chi connectivity index (χ0) is 13.7. The second kappa shape index (κ2) is 7.60. The van der Waals surface area contributed by atoms with Gasteiger partial charge in [0.25, 0.3) is 0 Å². The van der Waals surface area contributed by atoms with E-state index in [0.29, 0.717) is 18.1 Å². The van der Waals surface area contributed by atoms with Gasteiger partial charge < -0.3 is 10.1 Å². The highest BCUT2D eigenvalue weighted by Gasteiger charge is 2.29. The topological polar surface area (TPSA) is 21.3 Å². The van der Waals surface area contributed by atoms with E-state index in [1.165, 1.54) is 22.0 Å². The van der Waals surface area contributed by atoms with Gasteiger partial charge in [0.1, 0.15) is 0 Å². The Morgan fingerprint density at radius 1 is 1.37 bits per heavy atom. The van der Waals surface area contributed by atoms with E-state index in [9.17, 15) is 0 Å². The first-order valence-corrected chi connectivity index (χ1v) is 8.36. The van der Waals surface area contributed by atoms with Crippen LogP contribution in [0, 0.1) is 9.49 Å². The van der Waals surface area contributed by atoms with Crippen molar-refractivity contribution < 1.29 is 4.74 Å². The molecule has 1 heterocycles. The quantitative estimate of drug-likeness (QED) is 0.769. The van der Waals surface area contributed by atoms with Crippen molar-refractivity contribution in [1.29, 1.82) is 0 Å². The minimum absolute atomic E-state index is 0.424. The molecule has 3 atom stereocenters. The molecular weight excluding hydrogens is 349 g/mol. The molecule has 0 saturated carbocycles. The van der Waals surface area contributed by atoms with E-state index in [0.717, 1.165) is 19.6 Å². The van der Waals surface area contributed by atoms with Crippen LogP contribution in [-0.2, 0) is 11.2 Å². The van der Waals surface area contributed by atoms with Crippen LogP contribution in [0.1, 0.15) is 32.3 Å². The maximum absolute atomic E-state index is 5.74. The Morgan fingerprint density at radius 2 is 2.11 bits per heavy atom. The molecule has 0 radical (unpaired) electrons. The van der Waals surface area contributed by atoms with Crippen molar-refractivity contribution in [2.75, 3.05) is 13.2 Å². The van der Waals surface area contributed by atoms with Crippen LogP contribution >= 0.6 is 22.6 Å². The smallest absolute Gasteiger partial charge is 0.0551 e. The summed E-state index contributed by atoms with van der Waals surface area (Å²) in [7, 11) is 0. The normalized spacial score (nSPS) is 24.6. The summed E-state index contributed by atoms with van der Waals surface area (Å²) in [5.74, 6) is 0.654. The maximum Gasteiger partial charge on any atom is 0.0551 e. The van der Waals surface area contributed by atoms with Gasteiger partial charge in [-0.1, -0.05) is 19.1 Å². The van der Waals surface area contributed by atoms with E-state index in [1.807, 2.05) is 0 Å². The average Bonchev–Trinajstić information content (AvgIpc) is 2.83. The number of nitrogens with one attached hydrogen (secondary N) is 1. The van der Waals surface area contributed by atoms with Crippen molar-refractivity contribution in [2.45, 2.75) is 45.3 Å². The van der Waals surface area contributed by atoms with Crippen LogP contribution in [0.3, 0.4) is 0 Å². The lowest BCUT2D eigenvalue weighted by Crippen LogP contribution is -2.39. The van der Waals surface area contributed by atoms with E-state index >= 15 is 0 Å². The second-order valence-corrected chi connectivity index (χ2v) is 6.78. The predicted molar refractivity (Wildman–Crippen MR) is 88.5 cm³/mol. The molecular formula is C16H24INO. The minimum Gasteiger partial charge on any atom is -0.378 e. The Bertz CT molecular complexity index is 379. The van der Waals surface area contributed by atoms with Crippen molar-refractivity contribution in [1.82, 2.24) is 5.32 Å². The van der Waals surface area contributed by atoms with Gasteiger partial charge in [-0.3, -0.25) is 0 Å². The highest BCUT2D eigenvalue weighted by molar-refractivity contribution is 14.1. The molecule has 1 aliphatic heterocycles. The van der Waals surface area contributed by atoms with E-state index < -0.39 is 0 Å². The van der Waals surface area contributed by atoms with Crippen LogP contribution in [0.5, 0.6) is 0 Å². The van der Waals surface area contributed by atoms with E-state index in [2.05, 4.69) is 66.0 Å². The van der Waals surface area contributed by atoms with Crippen LogP contribution < -0.4 is 5.32 Å². The SMILES string of the molecule is CCCNC(Cc1ccc(I)cc1)C1COC(C)C1. The van der Waals surface area contributed by atoms with Gasteiger partial charge in [-0.2, -0.15) is 0 Å². The van der Waals surface area contributed by atoms with Crippen molar-refractivity contribution in [3.8, 4) is 0 Å². The van der Waals surface area contributed by atoms with Crippen molar-refractivity contribution in [3.05, 3.63) is 33.4 Å². The van der Waals surface area contributed by atoms with Gasteiger partial charge in [0.15, 0.2) is 0 Å². The Morgan fingerprint density at radius 3 is 2.68 bits per heavy atom. The van der Waals surface area contributed by atoms with Crippen molar-refractivity contribution in [3.63, 3.8) is 0 Å². The molecule has 0 spiro atoms. The molecule has 1 aromatic carbocycles. The molecule has 1 fully saturated rings. The van der Waals surface area contributed by atoms with Crippen LogP contribution in [0.2, 0.25) is 0 Å². The van der Waals surface area contributed by atoms with Crippen LogP contribution in [0.4, 0.5) is 0 Å². The first kappa shape index (κ1) is 15.3. The highest BCUT2D eigenvalue weighted by Crippen LogP contribution is 2.24. The Labute approximate surface area is 130 Å². The minimum atomic E-state index is 0.424. The molecule has 106 valence electrons. The highest BCUT2D eigenvalue weighted by atomic mass is 127. The fourth-order valence-corrected chi connectivity index (χ4v) is 3.10. The fraction of sp³-hybridized carbons (Fsp3) is 0.625. The molecule has 2 nitrogen and oxygen atoms in total. The number of benzene rings is 1. The summed E-state index contributed by atoms with van der Waals surface area (Å²) < 4.78 is 7.04. The summed E-state index contributed by atoms with van der Waals surface area (Å²) in [5, 5.41) is 3.71. The van der Waals surface area contributed by atoms with Gasteiger partial charge in [0, 0.05) is 15.5 Å². The summed E-state index contributed by atoms with van der Waals surface area (Å²) in [6.45, 7) is 6.41. The number of hydrogen-bond donors (Lipinski definition) is 1. The molecule has 2 rings (SSSR count). The standard InChI is InChI=1S/C16H24INO/c1-3-8-18-16(14-9-12(2)19-11-14)10-13-4-6-15(17)7-5-13/h4-7,12,14,16,18H,3,8-11H2,1-2H3. The summed E-state index contributed by atoms with van der Waals surface area (Å²) in [6.07, 6.45) is 3.91. The molecule has 1 saturated heterocycles. The maximum atomic E-state index is 5.74. The first-order valence-electron chi connectivity index (χ1n) is 7.28. The number of ether oxygens (including phenoxy) is 1. The number of hydrogen-bond acceptors (Lipinski definition) is 2. The molecule has 0 aliphatic carbocycles. The largest absolute Gasteiger partial charge is 0.378 e. The molecule has 0 aromatic heterocycles. The molecule has 3 unspecified atom stereocenters. The summed E-state index contributed by atoms with van der Waals surface area (Å²) in [4.78, 5) is 0. The van der Waals surface area contributed by atoms with Gasteiger partial charge >= 0.3 is 0 Å². The van der Waals surface area contributed by atoms with Crippen molar-refractivity contribution in [2.24, 2.45) is 5.92 Å². The zero-order valence-electron chi connectivity index (χ0n) is 11.9. The second-order valence-electron chi connectivity index (χ2n) is 5.53. The molecule has 0 amide bonds. The third-order valence-corrected chi connectivity index (χ3v) is 4.54. The Hall–Kier alpha value is -0.130. The third kappa shape index (κ3) is 4.72. The molecule has 1 aliphatic rings. The summed E-state index contributed by atoms with van der Waals surface area (Å²) >= 11 is 2.36. The fourth-order valence-electron chi connectivity index (χ4n) is 2.74. The van der Waals surface area contributed by atoms with E-state index in [1.54, 1.807) is 0 Å². The summed E-state index contributed by atoms with van der Waals surface area (Å²) in [5.41, 5.74) is 1.42.